The number of benzene rings is 2. The van der Waals surface area contributed by atoms with Gasteiger partial charge in [-0.15, -0.1) is 0 Å². The van der Waals surface area contributed by atoms with Gasteiger partial charge in [-0.05, 0) is 66.3 Å². The maximum absolute atomic E-state index is 13.2. The van der Waals surface area contributed by atoms with E-state index in [1.54, 1.807) is 30.3 Å². The van der Waals surface area contributed by atoms with Gasteiger partial charge in [-0.2, -0.15) is 0 Å². The molecular weight excluding hydrogens is 556 g/mol. The summed E-state index contributed by atoms with van der Waals surface area (Å²) in [6.07, 6.45) is 10.6. The normalized spacial score (nSPS) is 16.6. The first-order valence-electron chi connectivity index (χ1n) is 14.1. The number of fused-ring (bicyclic) bond motifs is 1. The minimum absolute atomic E-state index is 0.0900. The molecule has 1 aliphatic heterocycles. The average Bonchev–Trinajstić information content (AvgIpc) is 3.68. The van der Waals surface area contributed by atoms with E-state index in [9.17, 15) is 18.3 Å². The Balaban J connectivity index is 1.14. The monoisotopic (exact) mass is 592 g/mol. The topological polar surface area (TPSA) is 135 Å². The molecule has 5 rings (SSSR count). The van der Waals surface area contributed by atoms with Crippen molar-refractivity contribution in [3.8, 4) is 0 Å². The molecular formula is C31H36N4O6S. The Morgan fingerprint density at radius 3 is 2.79 bits per heavy atom. The summed E-state index contributed by atoms with van der Waals surface area (Å²) < 4.78 is 32.9. The van der Waals surface area contributed by atoms with Gasteiger partial charge in [0, 0.05) is 74.2 Å². The number of hydrogen-bond acceptors (Lipinski definition) is 7. The van der Waals surface area contributed by atoms with Crippen LogP contribution in [0.25, 0.3) is 17.0 Å². The maximum atomic E-state index is 13.2. The summed E-state index contributed by atoms with van der Waals surface area (Å²) in [6, 6.07) is 16.5. The van der Waals surface area contributed by atoms with Gasteiger partial charge in [0.15, 0.2) is 6.29 Å². The molecule has 1 amide bonds. The lowest BCUT2D eigenvalue weighted by molar-refractivity contribution is -0.198. The molecule has 1 aliphatic rings. The van der Waals surface area contributed by atoms with Gasteiger partial charge in [-0.25, -0.2) is 22.7 Å². The predicted molar refractivity (Wildman–Crippen MR) is 160 cm³/mol. The molecule has 2 unspecified atom stereocenters. The van der Waals surface area contributed by atoms with Gasteiger partial charge in [0.1, 0.15) is 0 Å². The molecule has 4 aromatic rings. The van der Waals surface area contributed by atoms with Gasteiger partial charge >= 0.3 is 0 Å². The van der Waals surface area contributed by atoms with Gasteiger partial charge in [0.25, 0.3) is 15.9 Å². The van der Waals surface area contributed by atoms with E-state index < -0.39 is 22.2 Å². The summed E-state index contributed by atoms with van der Waals surface area (Å²) in [5, 5.41) is 14.2. The molecule has 1 saturated heterocycles. The molecule has 0 radical (unpaired) electrons. The highest BCUT2D eigenvalue weighted by molar-refractivity contribution is 7.90. The molecule has 0 bridgehead atoms. The standard InChI is InChI=1S/C31H36N4O6S/c36-17-15-25(28-21-33-29-6-2-1-5-27(28)29)20-32-19-23-8-11-26(12-9-23)42(38,39)35-16-14-24(22-35)10-13-30(37)34-41-31-7-3-4-18-40-31/h1-2,5-6,8-14,16,21-22,25,31-33,36H,3-4,7,15,17-20H2,(H,34,37). The number of aromatic amines is 1. The van der Waals surface area contributed by atoms with Crippen LogP contribution in [0.5, 0.6) is 0 Å². The van der Waals surface area contributed by atoms with E-state index in [1.807, 2.05) is 24.4 Å². The summed E-state index contributed by atoms with van der Waals surface area (Å²) in [4.78, 5) is 20.8. The number of hydrogen-bond donors (Lipinski definition) is 4. The van der Waals surface area contributed by atoms with Crippen molar-refractivity contribution in [1.29, 1.82) is 0 Å². The molecule has 2 atom stereocenters. The van der Waals surface area contributed by atoms with Crippen LogP contribution in [0.1, 0.15) is 48.3 Å². The fraction of sp³-hybridized carbons (Fsp3) is 0.323. The molecule has 4 N–H and O–H groups in total. The molecule has 42 heavy (non-hydrogen) atoms. The predicted octanol–water partition coefficient (Wildman–Crippen LogP) is 4.05. The number of amides is 1. The van der Waals surface area contributed by atoms with E-state index in [0.29, 0.717) is 31.7 Å². The Morgan fingerprint density at radius 1 is 1.17 bits per heavy atom. The summed E-state index contributed by atoms with van der Waals surface area (Å²) >= 11 is 0. The third-order valence-electron chi connectivity index (χ3n) is 7.30. The van der Waals surface area contributed by atoms with Gasteiger partial charge in [0.2, 0.25) is 0 Å². The molecule has 10 nitrogen and oxygen atoms in total. The highest BCUT2D eigenvalue weighted by Gasteiger charge is 2.18. The largest absolute Gasteiger partial charge is 0.396 e. The lowest BCUT2D eigenvalue weighted by atomic mass is 9.95. The summed E-state index contributed by atoms with van der Waals surface area (Å²) in [5.41, 5.74) is 6.07. The number of rotatable bonds is 13. The van der Waals surface area contributed by atoms with Crippen molar-refractivity contribution in [2.75, 3.05) is 19.8 Å². The summed E-state index contributed by atoms with van der Waals surface area (Å²) in [5.74, 6) is -0.333. The Morgan fingerprint density at radius 2 is 2.00 bits per heavy atom. The second-order valence-electron chi connectivity index (χ2n) is 10.3. The zero-order chi connectivity index (χ0) is 29.4. The fourth-order valence-electron chi connectivity index (χ4n) is 5.02. The van der Waals surface area contributed by atoms with Gasteiger partial charge in [-0.1, -0.05) is 30.3 Å². The first-order valence-corrected chi connectivity index (χ1v) is 15.5. The molecule has 0 aliphatic carbocycles. The van der Waals surface area contributed by atoms with Crippen molar-refractivity contribution >= 4 is 32.9 Å². The Bertz CT molecular complexity index is 1600. The second kappa shape index (κ2) is 14.0. The van der Waals surface area contributed by atoms with Crippen molar-refractivity contribution in [2.45, 2.75) is 49.3 Å². The molecule has 0 saturated carbocycles. The smallest absolute Gasteiger partial charge is 0.267 e. The molecule has 1 fully saturated rings. The number of aliphatic hydroxyl groups excluding tert-OH is 1. The van der Waals surface area contributed by atoms with Crippen LogP contribution in [0.3, 0.4) is 0 Å². The molecule has 2 aromatic carbocycles. The van der Waals surface area contributed by atoms with E-state index in [1.165, 1.54) is 24.5 Å². The number of hydroxylamine groups is 1. The number of nitrogens with one attached hydrogen (secondary N) is 3. The van der Waals surface area contributed by atoms with Crippen molar-refractivity contribution in [2.24, 2.45) is 0 Å². The van der Waals surface area contributed by atoms with Crippen LogP contribution in [-0.4, -0.2) is 54.4 Å². The van der Waals surface area contributed by atoms with E-state index in [4.69, 9.17) is 9.57 Å². The number of carbonyl (C=O) groups is 1. The van der Waals surface area contributed by atoms with E-state index in [2.05, 4.69) is 21.8 Å². The van der Waals surface area contributed by atoms with Crippen LogP contribution >= 0.6 is 0 Å². The molecule has 222 valence electrons. The van der Waals surface area contributed by atoms with Crippen molar-refractivity contribution < 1.29 is 27.9 Å². The average molecular weight is 593 g/mol. The first-order chi connectivity index (χ1) is 20.4. The number of carbonyl (C=O) groups excluding carboxylic acids is 1. The third kappa shape index (κ3) is 7.36. The van der Waals surface area contributed by atoms with Crippen LogP contribution in [0.4, 0.5) is 0 Å². The van der Waals surface area contributed by atoms with Crippen LogP contribution in [0.2, 0.25) is 0 Å². The molecule has 11 heteroatoms. The zero-order valence-electron chi connectivity index (χ0n) is 23.2. The molecule has 3 heterocycles. The minimum Gasteiger partial charge on any atom is -0.396 e. The van der Waals surface area contributed by atoms with Crippen LogP contribution < -0.4 is 10.8 Å². The Kier molecular flexibility index (Phi) is 9.88. The van der Waals surface area contributed by atoms with Crippen LogP contribution in [0, 0.1) is 0 Å². The van der Waals surface area contributed by atoms with Gasteiger partial charge < -0.3 is 20.1 Å². The zero-order valence-corrected chi connectivity index (χ0v) is 24.1. The van der Waals surface area contributed by atoms with E-state index >= 15 is 0 Å². The van der Waals surface area contributed by atoms with Crippen molar-refractivity contribution in [1.82, 2.24) is 19.8 Å². The van der Waals surface area contributed by atoms with Crippen LogP contribution in [0.15, 0.2) is 84.2 Å². The number of aromatic nitrogens is 2. The number of H-pyrrole nitrogens is 1. The Labute approximate surface area is 245 Å². The van der Waals surface area contributed by atoms with Gasteiger partial charge in [0.05, 0.1) is 4.90 Å². The van der Waals surface area contributed by atoms with Crippen molar-refractivity contribution in [3.05, 3.63) is 96.0 Å². The lowest BCUT2D eigenvalue weighted by Gasteiger charge is -2.21. The lowest BCUT2D eigenvalue weighted by Crippen LogP contribution is -2.32. The minimum atomic E-state index is -3.80. The second-order valence-corrected chi connectivity index (χ2v) is 12.1. The number of nitrogens with zero attached hydrogens (tertiary/aromatic N) is 1. The quantitative estimate of drug-likeness (QED) is 0.136. The number of para-hydroxylation sites is 1. The SMILES string of the molecule is O=C(C=Cc1ccn(S(=O)(=O)c2ccc(CNCC(CCO)c3c[nH]c4ccccc34)cc2)c1)NOC1CCCCO1. The highest BCUT2D eigenvalue weighted by atomic mass is 32.2. The van der Waals surface area contributed by atoms with Crippen molar-refractivity contribution in [3.63, 3.8) is 0 Å². The van der Waals surface area contributed by atoms with Crippen LogP contribution in [-0.2, 0) is 30.9 Å². The number of ether oxygens (including phenoxy) is 1. The summed E-state index contributed by atoms with van der Waals surface area (Å²) in [6.45, 7) is 1.92. The van der Waals surface area contributed by atoms with Gasteiger partial charge in [-0.3, -0.25) is 4.79 Å². The Hall–Kier alpha value is -3.74. The number of aliphatic hydroxyl groups is 1. The maximum Gasteiger partial charge on any atom is 0.267 e. The van der Waals surface area contributed by atoms with E-state index in [0.717, 1.165) is 45.3 Å². The molecule has 0 spiro atoms. The first kappa shape index (κ1) is 29.7. The summed E-state index contributed by atoms with van der Waals surface area (Å²) in [7, 11) is -3.80. The fourth-order valence-corrected chi connectivity index (χ4v) is 6.23. The third-order valence-corrected chi connectivity index (χ3v) is 8.95. The molecule has 2 aromatic heterocycles. The van der Waals surface area contributed by atoms with E-state index in [-0.39, 0.29) is 17.4 Å². The highest BCUT2D eigenvalue weighted by Crippen LogP contribution is 2.27.